The number of hydrogen-bond donors (Lipinski definition) is 11. The van der Waals surface area contributed by atoms with Gasteiger partial charge in [-0.1, -0.05) is 23.8 Å². The zero-order valence-corrected chi connectivity index (χ0v) is 41.5. The number of fused-ring (bicyclic) bond motifs is 1. The summed E-state index contributed by atoms with van der Waals surface area (Å²) in [5, 5.41) is 41.3. The third-order valence-corrected chi connectivity index (χ3v) is 12.7. The van der Waals surface area contributed by atoms with E-state index in [4.69, 9.17) is 19.9 Å². The predicted molar refractivity (Wildman–Crippen MR) is 260 cm³/mol. The first-order valence-corrected chi connectivity index (χ1v) is 24.9. The lowest BCUT2D eigenvalue weighted by molar-refractivity contribution is -0.133. The Hall–Kier alpha value is -6.58. The zero-order chi connectivity index (χ0) is 52.3. The first-order valence-electron chi connectivity index (χ1n) is 23.9. The molecule has 0 spiro atoms. The number of amides is 10. The van der Waals surface area contributed by atoms with Gasteiger partial charge >= 0.3 is 6.03 Å². The molecule has 2 aliphatic heterocycles. The average Bonchev–Trinajstić information content (AvgIpc) is 4.06. The van der Waals surface area contributed by atoms with E-state index in [1.54, 1.807) is 23.0 Å². The molecule has 3 heterocycles. The summed E-state index contributed by atoms with van der Waals surface area (Å²) < 4.78 is 17.8. The summed E-state index contributed by atoms with van der Waals surface area (Å²) in [6.45, 7) is 3.41. The molecule has 1 unspecified atom stereocenters. The molecule has 10 amide bonds. The quantitative estimate of drug-likeness (QED) is 0.0241. The van der Waals surface area contributed by atoms with Gasteiger partial charge in [-0.2, -0.15) is 11.8 Å². The summed E-state index contributed by atoms with van der Waals surface area (Å²) in [6, 6.07) is 2.74. The molecular weight excluding hydrogens is 963 g/mol. The molecule has 4 rings (SSSR count). The van der Waals surface area contributed by atoms with E-state index in [1.807, 2.05) is 18.7 Å². The summed E-state index contributed by atoms with van der Waals surface area (Å²) in [5.74, 6) is -4.13. The van der Waals surface area contributed by atoms with E-state index < -0.39 is 79.1 Å². The highest BCUT2D eigenvalue weighted by atomic mass is 32.2. The molecule has 6 atom stereocenters. The Morgan fingerprint density at radius 1 is 0.778 bits per heavy atom. The molecule has 0 radical (unpaired) electrons. The number of aromatic hydroxyl groups is 1. The number of ether oxygens (including phenoxy) is 3. The maximum atomic E-state index is 13.5. The van der Waals surface area contributed by atoms with Crippen LogP contribution >= 0.6 is 11.8 Å². The van der Waals surface area contributed by atoms with Gasteiger partial charge in [0.15, 0.2) is 0 Å². The van der Waals surface area contributed by atoms with Crippen molar-refractivity contribution in [3.05, 3.63) is 41.7 Å². The fraction of sp³-hybridized carbons (Fsp3) is 0.622. The monoisotopic (exact) mass is 1030 g/mol. The summed E-state index contributed by atoms with van der Waals surface area (Å²) in [5.41, 5.74) is 6.93. The third kappa shape index (κ3) is 22.7. The number of rotatable bonds is 35. The number of nitrogens with two attached hydrogens (primary N) is 1. The number of nitrogens with zero attached hydrogens (tertiary/aromatic N) is 3. The molecule has 72 heavy (non-hydrogen) atoms. The van der Waals surface area contributed by atoms with Crippen LogP contribution in [-0.2, 0) is 65.5 Å². The second-order valence-electron chi connectivity index (χ2n) is 17.1. The Morgan fingerprint density at radius 3 is 2.11 bits per heavy atom. The van der Waals surface area contributed by atoms with Gasteiger partial charge in [0.05, 0.1) is 70.4 Å². The van der Waals surface area contributed by atoms with E-state index in [2.05, 4.69) is 58.2 Å². The van der Waals surface area contributed by atoms with Crippen molar-refractivity contribution in [2.75, 3.05) is 71.6 Å². The minimum absolute atomic E-state index is 0.0111. The number of nitrogens with one attached hydrogen (secondary N) is 9. The highest BCUT2D eigenvalue weighted by Gasteiger charge is 2.42. The molecular formula is C45H69N13O13S. The number of carbonyl (C=O) groups excluding carboxylic acids is 9. The van der Waals surface area contributed by atoms with E-state index in [1.165, 1.54) is 19.1 Å². The SMILES string of the molecule is Cc1cn(CCCC[C@H](NC(=O)[C@@H](Cc2ccc(O)cc2)NC(=O)[C@@H](C)NC(=O)CNC(=O)CNC(=O)CNC(=O)COCCOCCOCCNC(=O)CCCCC2SC[C@H]3NC(=O)N[C@@H]23)C(N)=O)nn1. The van der Waals surface area contributed by atoms with Crippen LogP contribution in [0.5, 0.6) is 5.75 Å². The lowest BCUT2D eigenvalue weighted by Crippen LogP contribution is -2.57. The lowest BCUT2D eigenvalue weighted by Gasteiger charge is -2.24. The lowest BCUT2D eigenvalue weighted by atomic mass is 10.0. The smallest absolute Gasteiger partial charge is 0.315 e. The van der Waals surface area contributed by atoms with E-state index in [0.717, 1.165) is 30.7 Å². The molecule has 1 aromatic carbocycles. The number of carbonyl (C=O) groups is 9. The van der Waals surface area contributed by atoms with Crippen molar-refractivity contribution in [2.24, 2.45) is 5.73 Å². The number of hydrogen-bond acceptors (Lipinski definition) is 16. The number of thioether (sulfide) groups is 1. The van der Waals surface area contributed by atoms with Crippen LogP contribution in [0.25, 0.3) is 0 Å². The van der Waals surface area contributed by atoms with Crippen molar-refractivity contribution in [3.63, 3.8) is 0 Å². The van der Waals surface area contributed by atoms with Crippen LogP contribution in [0.4, 0.5) is 4.79 Å². The van der Waals surface area contributed by atoms with Crippen LogP contribution in [-0.4, -0.2) is 180 Å². The van der Waals surface area contributed by atoms with Gasteiger partial charge in [0.2, 0.25) is 47.3 Å². The molecule has 2 aliphatic rings. The number of aryl methyl sites for hydroxylation is 2. The minimum Gasteiger partial charge on any atom is -0.508 e. The van der Waals surface area contributed by atoms with Crippen molar-refractivity contribution < 1.29 is 62.5 Å². The van der Waals surface area contributed by atoms with Crippen LogP contribution in [0, 0.1) is 6.92 Å². The van der Waals surface area contributed by atoms with Gasteiger partial charge in [-0.15, -0.1) is 5.10 Å². The summed E-state index contributed by atoms with van der Waals surface area (Å²) in [7, 11) is 0. The number of phenols is 1. The molecule has 398 valence electrons. The van der Waals surface area contributed by atoms with Crippen LogP contribution in [0.15, 0.2) is 30.5 Å². The van der Waals surface area contributed by atoms with Gasteiger partial charge < -0.3 is 72.9 Å². The Bertz CT molecular complexity index is 2110. The zero-order valence-electron chi connectivity index (χ0n) is 40.7. The van der Waals surface area contributed by atoms with Crippen molar-refractivity contribution in [1.82, 2.24) is 62.8 Å². The van der Waals surface area contributed by atoms with Crippen molar-refractivity contribution in [3.8, 4) is 5.75 Å². The molecule has 1 aromatic heterocycles. The number of primary amides is 1. The van der Waals surface area contributed by atoms with Gasteiger partial charge in [0.25, 0.3) is 0 Å². The van der Waals surface area contributed by atoms with Gasteiger partial charge in [-0.3, -0.25) is 43.0 Å². The van der Waals surface area contributed by atoms with E-state index >= 15 is 0 Å². The fourth-order valence-corrected chi connectivity index (χ4v) is 8.90. The van der Waals surface area contributed by atoms with Gasteiger partial charge in [-0.05, 0) is 63.6 Å². The Morgan fingerprint density at radius 2 is 1.43 bits per heavy atom. The van der Waals surface area contributed by atoms with Crippen molar-refractivity contribution >= 4 is 65.1 Å². The van der Waals surface area contributed by atoms with Gasteiger partial charge in [0, 0.05) is 43.1 Å². The molecule has 0 saturated carbocycles. The minimum atomic E-state index is -1.22. The van der Waals surface area contributed by atoms with Crippen molar-refractivity contribution in [1.29, 1.82) is 0 Å². The van der Waals surface area contributed by atoms with Crippen LogP contribution < -0.4 is 53.6 Å². The third-order valence-electron chi connectivity index (χ3n) is 11.2. The molecule has 2 saturated heterocycles. The standard InChI is InChI=1S/C45H69N13O13S/c1-28-25-58(57-56-28)15-6-5-7-32(42(46)65)52-44(67)33(21-30-10-12-31(59)13-11-30)53-43(66)29(2)51-39(63)24-49-37(61)22-48-38(62)23-50-40(64)26-71-20-19-70-18-17-69-16-14-47-36(60)9-4-3-8-35-41-34(27-72-35)54-45(68)55-41/h10-13,25,29,32-35,41,59H,3-9,14-24,26-27H2,1-2H3,(H2,46,65)(H,47,60)(H,48,62)(H,49,61)(H,50,64)(H,51,63)(H,52,67)(H,53,66)(H2,54,55,68)/t29-,32+,33-,34-,35?,41-/m1/s1. The van der Waals surface area contributed by atoms with Gasteiger partial charge in [0.1, 0.15) is 30.5 Å². The Kier molecular flexibility index (Phi) is 25.5. The number of benzene rings is 1. The second-order valence-corrected chi connectivity index (χ2v) is 18.4. The molecule has 0 bridgehead atoms. The average molecular weight is 1030 g/mol. The second kappa shape index (κ2) is 31.7. The first kappa shape index (κ1) is 58.0. The summed E-state index contributed by atoms with van der Waals surface area (Å²) in [4.78, 5) is 112. The predicted octanol–water partition coefficient (Wildman–Crippen LogP) is -3.09. The number of aromatic nitrogens is 3. The topological polar surface area (TPSA) is 367 Å². The Labute approximate surface area is 421 Å². The van der Waals surface area contributed by atoms with E-state index in [0.29, 0.717) is 56.4 Å². The highest BCUT2D eigenvalue weighted by molar-refractivity contribution is 8.00. The van der Waals surface area contributed by atoms with Crippen LogP contribution in [0.2, 0.25) is 0 Å². The van der Waals surface area contributed by atoms with Gasteiger partial charge in [-0.25, -0.2) is 4.79 Å². The summed E-state index contributed by atoms with van der Waals surface area (Å²) >= 11 is 1.86. The van der Waals surface area contributed by atoms with Crippen molar-refractivity contribution in [2.45, 2.75) is 107 Å². The molecule has 12 N–H and O–H groups in total. The van der Waals surface area contributed by atoms with Crippen LogP contribution in [0.3, 0.4) is 0 Å². The molecule has 27 heteroatoms. The largest absolute Gasteiger partial charge is 0.508 e. The number of urea groups is 1. The molecule has 2 fully saturated rings. The van der Waals surface area contributed by atoms with Crippen LogP contribution in [0.1, 0.15) is 63.1 Å². The number of phenolic OH excluding ortho intramolecular Hbond substituents is 1. The number of unbranched alkanes of at least 4 members (excludes halogenated alkanes) is 2. The molecule has 2 aromatic rings. The maximum absolute atomic E-state index is 13.5. The van der Waals surface area contributed by atoms with E-state index in [9.17, 15) is 48.3 Å². The highest BCUT2D eigenvalue weighted by Crippen LogP contribution is 2.33. The summed E-state index contributed by atoms with van der Waals surface area (Å²) in [6.07, 6.45) is 6.16. The molecule has 0 aliphatic carbocycles. The Balaban J connectivity index is 0.993. The maximum Gasteiger partial charge on any atom is 0.315 e. The van der Waals surface area contributed by atoms with E-state index in [-0.39, 0.29) is 69.0 Å². The normalized spacial score (nSPS) is 17.0. The fourth-order valence-electron chi connectivity index (χ4n) is 7.36. The first-order chi connectivity index (χ1) is 34.6. The molecule has 26 nitrogen and oxygen atoms in total.